The van der Waals surface area contributed by atoms with Crippen LogP contribution in [-0.4, -0.2) is 28.3 Å². The van der Waals surface area contributed by atoms with Crippen LogP contribution >= 0.6 is 23.1 Å². The number of carbonyl (C=O) groups is 2. The summed E-state index contributed by atoms with van der Waals surface area (Å²) in [5, 5.41) is 13.8. The molecule has 92 valence electrons. The molecule has 0 saturated heterocycles. The summed E-state index contributed by atoms with van der Waals surface area (Å²) in [5.74, 6) is -1.10. The SMILES string of the molecule is O=C(O)C1=CC2NC(=O)c3sccc3SC2C=C1. The number of aliphatic carboxylic acids is 1. The van der Waals surface area contributed by atoms with Crippen LogP contribution in [0.3, 0.4) is 0 Å². The molecule has 2 aliphatic rings. The van der Waals surface area contributed by atoms with Gasteiger partial charge in [0.25, 0.3) is 5.91 Å². The minimum atomic E-state index is -0.969. The Kier molecular flexibility index (Phi) is 2.76. The second-order valence-electron chi connectivity index (χ2n) is 3.98. The normalized spacial score (nSPS) is 25.6. The zero-order valence-electron chi connectivity index (χ0n) is 9.12. The lowest BCUT2D eigenvalue weighted by Crippen LogP contribution is -2.39. The van der Waals surface area contributed by atoms with Crippen LogP contribution in [0, 0.1) is 0 Å². The van der Waals surface area contributed by atoms with Crippen LogP contribution in [0.4, 0.5) is 0 Å². The molecule has 1 aromatic heterocycles. The summed E-state index contributed by atoms with van der Waals surface area (Å²) in [6.07, 6.45) is 5.04. The lowest BCUT2D eigenvalue weighted by atomic mass is 10.0. The Morgan fingerprint density at radius 1 is 1.44 bits per heavy atom. The van der Waals surface area contributed by atoms with E-state index in [1.54, 1.807) is 23.9 Å². The molecule has 4 nitrogen and oxygen atoms in total. The van der Waals surface area contributed by atoms with E-state index in [1.807, 2.05) is 17.5 Å². The summed E-state index contributed by atoms with van der Waals surface area (Å²) in [6, 6.07) is 1.66. The summed E-state index contributed by atoms with van der Waals surface area (Å²) < 4.78 is 0. The van der Waals surface area contributed by atoms with Gasteiger partial charge in [-0.25, -0.2) is 4.79 Å². The molecule has 1 amide bonds. The highest BCUT2D eigenvalue weighted by Gasteiger charge is 2.31. The maximum Gasteiger partial charge on any atom is 0.335 e. The van der Waals surface area contributed by atoms with Gasteiger partial charge in [0.1, 0.15) is 4.88 Å². The molecule has 18 heavy (non-hydrogen) atoms. The van der Waals surface area contributed by atoms with E-state index in [1.165, 1.54) is 11.3 Å². The number of fused-ring (bicyclic) bond motifs is 2. The van der Waals surface area contributed by atoms with E-state index in [0.717, 1.165) is 4.90 Å². The van der Waals surface area contributed by atoms with E-state index in [9.17, 15) is 9.59 Å². The number of rotatable bonds is 1. The van der Waals surface area contributed by atoms with Crippen LogP contribution in [0.25, 0.3) is 0 Å². The van der Waals surface area contributed by atoms with Crippen molar-refractivity contribution < 1.29 is 14.7 Å². The van der Waals surface area contributed by atoms with Crippen LogP contribution in [0.2, 0.25) is 0 Å². The van der Waals surface area contributed by atoms with Crippen LogP contribution in [0.15, 0.2) is 40.1 Å². The standard InChI is InChI=1S/C12H9NO3S2/c14-11-10-9(3-4-17-10)18-8-2-1-6(12(15)16)5-7(8)13-11/h1-5,7-8H,(H,13,14)(H,15,16). The molecule has 1 aromatic rings. The Bertz CT molecular complexity index is 588. The smallest absolute Gasteiger partial charge is 0.335 e. The highest BCUT2D eigenvalue weighted by Crippen LogP contribution is 2.37. The van der Waals surface area contributed by atoms with Gasteiger partial charge in [0.05, 0.1) is 16.9 Å². The molecule has 2 N–H and O–H groups in total. The largest absolute Gasteiger partial charge is 0.478 e. The molecule has 1 aliphatic carbocycles. The van der Waals surface area contributed by atoms with Gasteiger partial charge in [-0.1, -0.05) is 12.2 Å². The molecule has 0 aromatic carbocycles. The first-order valence-electron chi connectivity index (χ1n) is 5.33. The quantitative estimate of drug-likeness (QED) is 0.824. The molecule has 0 bridgehead atoms. The van der Waals surface area contributed by atoms with Crippen LogP contribution < -0.4 is 5.32 Å². The second-order valence-corrected chi connectivity index (χ2v) is 6.12. The molecule has 0 saturated carbocycles. The van der Waals surface area contributed by atoms with Crippen molar-refractivity contribution in [1.29, 1.82) is 0 Å². The summed E-state index contributed by atoms with van der Waals surface area (Å²) in [5.41, 5.74) is 0.224. The van der Waals surface area contributed by atoms with E-state index >= 15 is 0 Å². The third kappa shape index (κ3) is 1.87. The number of carboxylic acids is 1. The number of thiophene rings is 1. The van der Waals surface area contributed by atoms with E-state index in [2.05, 4.69) is 5.32 Å². The Labute approximate surface area is 111 Å². The predicted octanol–water partition coefficient (Wildman–Crippen LogP) is 1.90. The van der Waals surface area contributed by atoms with E-state index in [0.29, 0.717) is 4.88 Å². The van der Waals surface area contributed by atoms with Crippen molar-refractivity contribution >= 4 is 35.0 Å². The topological polar surface area (TPSA) is 66.4 Å². The molecule has 2 heterocycles. The van der Waals surface area contributed by atoms with E-state index in [4.69, 9.17) is 5.11 Å². The summed E-state index contributed by atoms with van der Waals surface area (Å²) >= 11 is 2.99. The number of hydrogen-bond donors (Lipinski definition) is 2. The van der Waals surface area contributed by atoms with Crippen molar-refractivity contribution in [2.24, 2.45) is 0 Å². The molecule has 1 aliphatic heterocycles. The van der Waals surface area contributed by atoms with Crippen molar-refractivity contribution in [2.45, 2.75) is 16.2 Å². The molecule has 0 fully saturated rings. The lowest BCUT2D eigenvalue weighted by Gasteiger charge is -2.22. The summed E-state index contributed by atoms with van der Waals surface area (Å²) in [4.78, 5) is 24.6. The van der Waals surface area contributed by atoms with Crippen molar-refractivity contribution in [3.8, 4) is 0 Å². The predicted molar refractivity (Wildman–Crippen MR) is 70.1 cm³/mol. The molecular formula is C12H9NO3S2. The molecular weight excluding hydrogens is 270 g/mol. The van der Waals surface area contributed by atoms with Crippen LogP contribution in [0.5, 0.6) is 0 Å². The molecule has 6 heteroatoms. The van der Waals surface area contributed by atoms with Gasteiger partial charge in [0.15, 0.2) is 0 Å². The van der Waals surface area contributed by atoms with Gasteiger partial charge in [-0.3, -0.25) is 4.79 Å². The Morgan fingerprint density at radius 3 is 3.06 bits per heavy atom. The fourth-order valence-corrected chi connectivity index (χ4v) is 4.12. The Morgan fingerprint density at radius 2 is 2.28 bits per heavy atom. The van der Waals surface area contributed by atoms with Crippen LogP contribution in [0.1, 0.15) is 9.67 Å². The molecule has 0 radical (unpaired) electrons. The second kappa shape index (κ2) is 4.29. The van der Waals surface area contributed by atoms with Gasteiger partial charge < -0.3 is 10.4 Å². The maximum atomic E-state index is 12.0. The highest BCUT2D eigenvalue weighted by atomic mass is 32.2. The summed E-state index contributed by atoms with van der Waals surface area (Å²) in [7, 11) is 0. The minimum Gasteiger partial charge on any atom is -0.478 e. The average Bonchev–Trinajstić information content (AvgIpc) is 2.74. The molecule has 3 rings (SSSR count). The maximum absolute atomic E-state index is 12.0. The highest BCUT2D eigenvalue weighted by molar-refractivity contribution is 8.00. The fourth-order valence-electron chi connectivity index (χ4n) is 1.96. The van der Waals surface area contributed by atoms with Crippen molar-refractivity contribution in [3.05, 3.63) is 40.1 Å². The van der Waals surface area contributed by atoms with E-state index in [-0.39, 0.29) is 22.8 Å². The van der Waals surface area contributed by atoms with Crippen LogP contribution in [-0.2, 0) is 4.79 Å². The number of carbonyl (C=O) groups excluding carboxylic acids is 1. The van der Waals surface area contributed by atoms with Crippen molar-refractivity contribution in [3.63, 3.8) is 0 Å². The summed E-state index contributed by atoms with van der Waals surface area (Å²) in [6.45, 7) is 0. The van der Waals surface area contributed by atoms with Gasteiger partial charge >= 0.3 is 5.97 Å². The Balaban J connectivity index is 1.96. The Hall–Kier alpha value is -1.53. The van der Waals surface area contributed by atoms with Crippen molar-refractivity contribution in [2.75, 3.05) is 0 Å². The number of hydrogen-bond acceptors (Lipinski definition) is 4. The molecule has 2 unspecified atom stereocenters. The zero-order valence-corrected chi connectivity index (χ0v) is 10.8. The zero-order chi connectivity index (χ0) is 12.7. The number of thioether (sulfide) groups is 1. The first-order chi connectivity index (χ1) is 8.65. The minimum absolute atomic E-state index is 0.0490. The monoisotopic (exact) mass is 279 g/mol. The molecule has 2 atom stereocenters. The lowest BCUT2D eigenvalue weighted by molar-refractivity contribution is -0.132. The number of carboxylic acid groups (broad SMARTS) is 1. The average molecular weight is 279 g/mol. The van der Waals surface area contributed by atoms with Gasteiger partial charge in [0, 0.05) is 4.90 Å². The number of amides is 1. The van der Waals surface area contributed by atoms with E-state index < -0.39 is 5.97 Å². The number of nitrogens with one attached hydrogen (secondary N) is 1. The first-order valence-corrected chi connectivity index (χ1v) is 7.09. The van der Waals surface area contributed by atoms with Gasteiger partial charge in [-0.05, 0) is 17.5 Å². The fraction of sp³-hybridized carbons (Fsp3) is 0.167. The third-order valence-electron chi connectivity index (χ3n) is 2.82. The van der Waals surface area contributed by atoms with Gasteiger partial charge in [-0.15, -0.1) is 23.1 Å². The molecule has 0 spiro atoms. The first kappa shape index (κ1) is 11.6. The van der Waals surface area contributed by atoms with Gasteiger partial charge in [0.2, 0.25) is 0 Å². The van der Waals surface area contributed by atoms with Crippen molar-refractivity contribution in [1.82, 2.24) is 5.32 Å². The van der Waals surface area contributed by atoms with Gasteiger partial charge in [-0.2, -0.15) is 0 Å². The third-order valence-corrected chi connectivity index (χ3v) is 5.18.